The summed E-state index contributed by atoms with van der Waals surface area (Å²) < 4.78 is 34.8. The first kappa shape index (κ1) is 29.8. The van der Waals surface area contributed by atoms with E-state index in [1.54, 1.807) is 36.4 Å². The number of nitrogens with zero attached hydrogens (tertiary/aromatic N) is 3. The van der Waals surface area contributed by atoms with E-state index in [2.05, 4.69) is 25.7 Å². The number of aromatic nitrogens is 1. The highest BCUT2D eigenvalue weighted by Gasteiger charge is 2.36. The van der Waals surface area contributed by atoms with Crippen LogP contribution in [-0.4, -0.2) is 44.5 Å². The SMILES string of the molecule is Cc1ccc(S(=O)(=O)n2ccc3c(C(=O)N4Cc5ccc(C#N)cc5C4COCC[Si](C)(C)C)c(C)cc(C)c32)cc1. The zero-order valence-electron chi connectivity index (χ0n) is 25.1. The van der Waals surface area contributed by atoms with Crippen LogP contribution < -0.4 is 0 Å². The molecule has 0 aliphatic carbocycles. The molecule has 9 heteroatoms. The van der Waals surface area contributed by atoms with Crippen molar-refractivity contribution < 1.29 is 17.9 Å². The summed E-state index contributed by atoms with van der Waals surface area (Å²) >= 11 is 0. The van der Waals surface area contributed by atoms with Crippen molar-refractivity contribution in [1.82, 2.24) is 8.87 Å². The van der Waals surface area contributed by atoms with E-state index in [0.717, 1.165) is 33.9 Å². The fourth-order valence-electron chi connectivity index (χ4n) is 5.68. The molecule has 0 bridgehead atoms. The van der Waals surface area contributed by atoms with Crippen LogP contribution in [0.5, 0.6) is 0 Å². The number of nitriles is 1. The van der Waals surface area contributed by atoms with E-state index in [9.17, 15) is 18.5 Å². The lowest BCUT2D eigenvalue weighted by molar-refractivity contribution is 0.0486. The van der Waals surface area contributed by atoms with Gasteiger partial charge in [0.2, 0.25) is 0 Å². The molecule has 1 unspecified atom stereocenters. The Kier molecular flexibility index (Phi) is 7.92. The van der Waals surface area contributed by atoms with Gasteiger partial charge in [-0.25, -0.2) is 12.4 Å². The largest absolute Gasteiger partial charge is 0.379 e. The number of benzene rings is 3. The first-order valence-electron chi connectivity index (χ1n) is 14.2. The molecule has 2 heterocycles. The molecule has 5 rings (SSSR count). The molecule has 0 fully saturated rings. The minimum absolute atomic E-state index is 0.184. The zero-order chi connectivity index (χ0) is 30.4. The van der Waals surface area contributed by atoms with E-state index in [4.69, 9.17) is 4.74 Å². The third-order valence-corrected chi connectivity index (χ3v) is 11.4. The highest BCUT2D eigenvalue weighted by atomic mass is 32.2. The monoisotopic (exact) mass is 599 g/mol. The van der Waals surface area contributed by atoms with Gasteiger partial charge >= 0.3 is 0 Å². The van der Waals surface area contributed by atoms with Gasteiger partial charge in [0.05, 0.1) is 40.3 Å². The molecule has 1 amide bonds. The van der Waals surface area contributed by atoms with Crippen molar-refractivity contribution >= 4 is 34.9 Å². The first-order valence-corrected chi connectivity index (χ1v) is 19.3. The van der Waals surface area contributed by atoms with E-state index in [-0.39, 0.29) is 16.8 Å². The van der Waals surface area contributed by atoms with Gasteiger partial charge in [-0.15, -0.1) is 0 Å². The Balaban J connectivity index is 1.56. The van der Waals surface area contributed by atoms with Crippen molar-refractivity contribution in [1.29, 1.82) is 5.26 Å². The summed E-state index contributed by atoms with van der Waals surface area (Å²) in [6.07, 6.45) is 1.54. The molecule has 0 saturated carbocycles. The maximum atomic E-state index is 14.4. The van der Waals surface area contributed by atoms with Gasteiger partial charge in [0.15, 0.2) is 0 Å². The van der Waals surface area contributed by atoms with Crippen molar-refractivity contribution in [2.45, 2.75) is 63.9 Å². The maximum Gasteiger partial charge on any atom is 0.268 e. The van der Waals surface area contributed by atoms with Gasteiger partial charge in [0.25, 0.3) is 15.9 Å². The van der Waals surface area contributed by atoms with Crippen LogP contribution in [0.2, 0.25) is 25.7 Å². The molecule has 0 N–H and O–H groups in total. The Morgan fingerprint density at radius 1 is 1.02 bits per heavy atom. The van der Waals surface area contributed by atoms with E-state index < -0.39 is 18.1 Å². The molecule has 218 valence electrons. The van der Waals surface area contributed by atoms with Crippen molar-refractivity contribution in [3.63, 3.8) is 0 Å². The predicted molar refractivity (Wildman–Crippen MR) is 168 cm³/mol. The molecule has 0 spiro atoms. The smallest absolute Gasteiger partial charge is 0.268 e. The van der Waals surface area contributed by atoms with E-state index in [1.807, 2.05) is 43.9 Å². The van der Waals surface area contributed by atoms with Crippen molar-refractivity contribution in [3.05, 3.63) is 99.7 Å². The Hall–Kier alpha value is -3.71. The van der Waals surface area contributed by atoms with Crippen molar-refractivity contribution in [2.75, 3.05) is 13.2 Å². The summed E-state index contributed by atoms with van der Waals surface area (Å²) in [5.74, 6) is -0.184. The molecule has 1 atom stereocenters. The quantitative estimate of drug-likeness (QED) is 0.165. The molecule has 42 heavy (non-hydrogen) atoms. The fourth-order valence-corrected chi connectivity index (χ4v) is 7.85. The van der Waals surface area contributed by atoms with E-state index in [0.29, 0.717) is 41.8 Å². The number of hydrogen-bond acceptors (Lipinski definition) is 5. The van der Waals surface area contributed by atoms with Crippen molar-refractivity contribution in [3.8, 4) is 6.07 Å². The molecule has 1 aliphatic rings. The average molecular weight is 600 g/mol. The minimum Gasteiger partial charge on any atom is -0.379 e. The molecule has 1 aromatic heterocycles. The second-order valence-electron chi connectivity index (χ2n) is 12.4. The molecule has 4 aromatic rings. The van der Waals surface area contributed by atoms with Gasteiger partial charge in [-0.1, -0.05) is 49.5 Å². The van der Waals surface area contributed by atoms with Gasteiger partial charge in [0.1, 0.15) is 0 Å². The summed E-state index contributed by atoms with van der Waals surface area (Å²) in [5.41, 5.74) is 5.96. The number of ether oxygens (including phenoxy) is 1. The topological polar surface area (TPSA) is 92.4 Å². The number of aryl methyl sites for hydroxylation is 3. The van der Waals surface area contributed by atoms with E-state index in [1.165, 1.54) is 10.2 Å². The Bertz CT molecular complexity index is 1830. The van der Waals surface area contributed by atoms with Crippen LogP contribution in [0.1, 0.15) is 49.8 Å². The molecular formula is C33H37N3O4SSi. The van der Waals surface area contributed by atoms with Gasteiger partial charge in [0, 0.05) is 32.8 Å². The summed E-state index contributed by atoms with van der Waals surface area (Å²) in [5, 5.41) is 10.1. The third-order valence-electron chi connectivity index (χ3n) is 8.00. The molecular weight excluding hydrogens is 563 g/mol. The highest BCUT2D eigenvalue weighted by Crippen LogP contribution is 2.38. The zero-order valence-corrected chi connectivity index (χ0v) is 26.9. The number of carbonyl (C=O) groups excluding carboxylic acids is 1. The van der Waals surface area contributed by atoms with Crippen LogP contribution in [0, 0.1) is 32.1 Å². The number of fused-ring (bicyclic) bond motifs is 2. The second-order valence-corrected chi connectivity index (χ2v) is 19.9. The normalized spacial score (nSPS) is 15.2. The average Bonchev–Trinajstić information content (AvgIpc) is 3.53. The molecule has 7 nitrogen and oxygen atoms in total. The Labute approximate surface area is 249 Å². The van der Waals surface area contributed by atoms with E-state index >= 15 is 0 Å². The lowest BCUT2D eigenvalue weighted by Crippen LogP contribution is -2.33. The summed E-state index contributed by atoms with van der Waals surface area (Å²) in [6, 6.07) is 18.8. The third kappa shape index (κ3) is 5.54. The number of rotatable bonds is 8. The van der Waals surface area contributed by atoms with Crippen LogP contribution in [0.25, 0.3) is 10.9 Å². The van der Waals surface area contributed by atoms with Crippen LogP contribution in [0.15, 0.2) is 65.7 Å². The van der Waals surface area contributed by atoms with Crippen LogP contribution in [-0.2, 0) is 21.3 Å². The standard InChI is InChI=1S/C33H37N3O4SSi/c1-22-7-11-27(12-8-22)41(38,39)36-14-13-28-31(23(2)17-24(3)32(28)36)33(37)35-20-26-10-9-25(19-34)18-29(26)30(35)21-40-15-16-42(4,5)6/h7-14,17-18,30H,15-16,20-21H2,1-6H3. The summed E-state index contributed by atoms with van der Waals surface area (Å²) in [4.78, 5) is 16.4. The van der Waals surface area contributed by atoms with Gasteiger partial charge in [-0.2, -0.15) is 5.26 Å². The van der Waals surface area contributed by atoms with Crippen LogP contribution >= 0.6 is 0 Å². The Morgan fingerprint density at radius 3 is 2.40 bits per heavy atom. The lowest BCUT2D eigenvalue weighted by Gasteiger charge is -2.27. The molecule has 1 aliphatic heterocycles. The summed E-state index contributed by atoms with van der Waals surface area (Å²) in [7, 11) is -5.18. The second kappa shape index (κ2) is 11.2. The first-order chi connectivity index (χ1) is 19.8. The van der Waals surface area contributed by atoms with Gasteiger partial charge < -0.3 is 9.64 Å². The van der Waals surface area contributed by atoms with Gasteiger partial charge in [-0.05, 0) is 79.4 Å². The summed E-state index contributed by atoms with van der Waals surface area (Å²) in [6.45, 7) is 13.9. The fraction of sp³-hybridized carbons (Fsp3) is 0.333. The highest BCUT2D eigenvalue weighted by molar-refractivity contribution is 7.90. The predicted octanol–water partition coefficient (Wildman–Crippen LogP) is 6.73. The van der Waals surface area contributed by atoms with Crippen LogP contribution in [0.4, 0.5) is 0 Å². The number of carbonyl (C=O) groups is 1. The lowest BCUT2D eigenvalue weighted by atomic mass is 9.98. The Morgan fingerprint density at radius 2 is 1.74 bits per heavy atom. The van der Waals surface area contributed by atoms with Crippen LogP contribution in [0.3, 0.4) is 0 Å². The molecule has 0 radical (unpaired) electrons. The molecule has 3 aromatic carbocycles. The maximum absolute atomic E-state index is 14.4. The van der Waals surface area contributed by atoms with Crippen molar-refractivity contribution in [2.24, 2.45) is 0 Å². The van der Waals surface area contributed by atoms with Gasteiger partial charge in [-0.3, -0.25) is 4.79 Å². The molecule has 0 saturated heterocycles. The minimum atomic E-state index is -3.88. The number of amides is 1. The number of hydrogen-bond donors (Lipinski definition) is 0.